The van der Waals surface area contributed by atoms with Gasteiger partial charge in [-0.3, -0.25) is 0 Å². The van der Waals surface area contributed by atoms with Gasteiger partial charge in [-0.05, 0) is 88.6 Å². The van der Waals surface area contributed by atoms with Crippen molar-refractivity contribution in [3.05, 3.63) is 133 Å². The highest BCUT2D eigenvalue weighted by molar-refractivity contribution is 6.29. The average molecular weight is 469 g/mol. The van der Waals surface area contributed by atoms with Gasteiger partial charge in [-0.15, -0.1) is 0 Å². The van der Waals surface area contributed by atoms with E-state index in [0.29, 0.717) is 0 Å². The number of hydrogen-bond acceptors (Lipinski definition) is 0. The van der Waals surface area contributed by atoms with Crippen molar-refractivity contribution in [3.8, 4) is 22.3 Å². The summed E-state index contributed by atoms with van der Waals surface area (Å²) in [5, 5.41) is 13.2. The van der Waals surface area contributed by atoms with E-state index in [4.69, 9.17) is 0 Å². The van der Waals surface area contributed by atoms with E-state index >= 15 is 0 Å². The third kappa shape index (κ3) is 2.90. The Morgan fingerprint density at radius 2 is 0.838 bits per heavy atom. The maximum Gasteiger partial charge on any atom is -0.00177 e. The molecule has 37 heavy (non-hydrogen) atoms. The van der Waals surface area contributed by atoms with Gasteiger partial charge < -0.3 is 0 Å². The molecule has 8 rings (SSSR count). The Bertz CT molecular complexity index is 2130. The molecule has 0 N–H and O–H groups in total. The van der Waals surface area contributed by atoms with Gasteiger partial charge in [-0.2, -0.15) is 0 Å². The van der Waals surface area contributed by atoms with Crippen LogP contribution < -0.4 is 0 Å². The fourth-order valence-corrected chi connectivity index (χ4v) is 6.45. The van der Waals surface area contributed by atoms with Crippen LogP contribution in [0.3, 0.4) is 0 Å². The van der Waals surface area contributed by atoms with E-state index in [1.165, 1.54) is 81.7 Å². The monoisotopic (exact) mass is 468 g/mol. The van der Waals surface area contributed by atoms with Gasteiger partial charge in [0.1, 0.15) is 0 Å². The van der Waals surface area contributed by atoms with Crippen molar-refractivity contribution in [1.29, 1.82) is 0 Å². The molecule has 0 aliphatic rings. The van der Waals surface area contributed by atoms with E-state index in [2.05, 4.69) is 134 Å². The Labute approximate surface area is 215 Å². The summed E-state index contributed by atoms with van der Waals surface area (Å²) in [7, 11) is 0. The molecule has 0 spiro atoms. The molecule has 0 saturated heterocycles. The summed E-state index contributed by atoms with van der Waals surface area (Å²) in [6, 6.07) is 47.0. The zero-order chi connectivity index (χ0) is 24.5. The van der Waals surface area contributed by atoms with Gasteiger partial charge in [0.15, 0.2) is 0 Å². The molecule has 0 bridgehead atoms. The van der Waals surface area contributed by atoms with Crippen LogP contribution in [0.2, 0.25) is 0 Å². The normalized spacial score (nSPS) is 11.9. The largest absolute Gasteiger partial charge is 0.0616 e. The van der Waals surface area contributed by atoms with Crippen LogP contribution in [-0.2, 0) is 0 Å². The smallest absolute Gasteiger partial charge is 0.00177 e. The van der Waals surface area contributed by atoms with Crippen LogP contribution in [0.4, 0.5) is 0 Å². The van der Waals surface area contributed by atoms with E-state index in [1.807, 2.05) is 0 Å². The molecule has 0 radical (unpaired) electrons. The molecule has 0 aromatic heterocycles. The summed E-state index contributed by atoms with van der Waals surface area (Å²) in [6.07, 6.45) is 0. The third-order valence-electron chi connectivity index (χ3n) is 8.15. The molecule has 8 aromatic rings. The average Bonchev–Trinajstić information content (AvgIpc) is 2.96. The first kappa shape index (κ1) is 20.5. The summed E-state index contributed by atoms with van der Waals surface area (Å²) < 4.78 is 0. The third-order valence-corrected chi connectivity index (χ3v) is 8.15. The van der Waals surface area contributed by atoms with Crippen LogP contribution in [0.5, 0.6) is 0 Å². The topological polar surface area (TPSA) is 0 Å². The molecule has 0 saturated carbocycles. The lowest BCUT2D eigenvalue weighted by Gasteiger charge is -2.19. The summed E-state index contributed by atoms with van der Waals surface area (Å²) in [6.45, 7) is 2.26. The Hall–Kier alpha value is -4.68. The van der Waals surface area contributed by atoms with E-state index in [-0.39, 0.29) is 0 Å². The molecular weight excluding hydrogens is 444 g/mol. The molecule has 0 amide bonds. The molecule has 0 aliphatic carbocycles. The summed E-state index contributed by atoms with van der Waals surface area (Å²) >= 11 is 0. The van der Waals surface area contributed by atoms with Crippen LogP contribution >= 0.6 is 0 Å². The zero-order valence-corrected chi connectivity index (χ0v) is 20.6. The van der Waals surface area contributed by atoms with Crippen LogP contribution in [-0.4, -0.2) is 0 Å². The van der Waals surface area contributed by atoms with Crippen molar-refractivity contribution >= 4 is 53.9 Å². The second-order valence-electron chi connectivity index (χ2n) is 10.2. The Balaban J connectivity index is 1.51. The van der Waals surface area contributed by atoms with Crippen molar-refractivity contribution in [2.75, 3.05) is 0 Å². The maximum atomic E-state index is 2.38. The van der Waals surface area contributed by atoms with Crippen molar-refractivity contribution in [2.45, 2.75) is 6.92 Å². The van der Waals surface area contributed by atoms with Gasteiger partial charge in [-0.25, -0.2) is 0 Å². The molecule has 0 heteroatoms. The number of hydrogen-bond donors (Lipinski definition) is 0. The van der Waals surface area contributed by atoms with Gasteiger partial charge in [0.25, 0.3) is 0 Å². The van der Waals surface area contributed by atoms with Crippen molar-refractivity contribution in [3.63, 3.8) is 0 Å². The zero-order valence-electron chi connectivity index (χ0n) is 20.6. The Kier molecular flexibility index (Phi) is 4.24. The van der Waals surface area contributed by atoms with Crippen molar-refractivity contribution in [1.82, 2.24) is 0 Å². The lowest BCUT2D eigenvalue weighted by molar-refractivity contribution is 1.54. The predicted molar refractivity (Wildman–Crippen MR) is 161 cm³/mol. The number of fused-ring (bicyclic) bond motifs is 2. The minimum Gasteiger partial charge on any atom is -0.0616 e. The van der Waals surface area contributed by atoms with Crippen LogP contribution in [0, 0.1) is 6.92 Å². The standard InChI is InChI=1S/C37H24/c1-23-22-35(31-15-7-11-25-9-3-5-13-29(25)31)34-19-17-26-16-18-32(33-21-20-27(23)37(34)36(26)33)30-14-6-10-24-8-2-4-12-28(24)30/h2-22H,1H3. The quantitative estimate of drug-likeness (QED) is 0.221. The van der Waals surface area contributed by atoms with Gasteiger partial charge in [-0.1, -0.05) is 127 Å². The molecular formula is C37H24. The van der Waals surface area contributed by atoms with E-state index in [0.717, 1.165) is 0 Å². The number of rotatable bonds is 2. The molecule has 0 fully saturated rings. The molecule has 172 valence electrons. The summed E-state index contributed by atoms with van der Waals surface area (Å²) in [5.41, 5.74) is 6.52. The Morgan fingerprint density at radius 3 is 1.57 bits per heavy atom. The SMILES string of the molecule is Cc1cc(-c2cccc3ccccc23)c2ccc3ccc(-c4cccc5ccccc45)c4ccc1c2c34. The first-order valence-corrected chi connectivity index (χ1v) is 13.0. The Morgan fingerprint density at radius 1 is 0.324 bits per heavy atom. The highest BCUT2D eigenvalue weighted by atomic mass is 14.2. The molecule has 0 unspecified atom stereocenters. The van der Waals surface area contributed by atoms with Crippen LogP contribution in [0.15, 0.2) is 127 Å². The number of aryl methyl sites for hydroxylation is 1. The molecule has 0 heterocycles. The van der Waals surface area contributed by atoms with E-state index in [9.17, 15) is 0 Å². The van der Waals surface area contributed by atoms with Gasteiger partial charge in [0.05, 0.1) is 0 Å². The van der Waals surface area contributed by atoms with Crippen molar-refractivity contribution < 1.29 is 0 Å². The molecule has 0 nitrogen and oxygen atoms in total. The molecule has 0 atom stereocenters. The number of benzene rings is 8. The second kappa shape index (κ2) is 7.66. The minimum absolute atomic E-state index is 1.28. The summed E-state index contributed by atoms with van der Waals surface area (Å²) in [4.78, 5) is 0. The fourth-order valence-electron chi connectivity index (χ4n) is 6.45. The van der Waals surface area contributed by atoms with Gasteiger partial charge >= 0.3 is 0 Å². The van der Waals surface area contributed by atoms with Crippen molar-refractivity contribution in [2.24, 2.45) is 0 Å². The highest BCUT2D eigenvalue weighted by Crippen LogP contribution is 2.45. The highest BCUT2D eigenvalue weighted by Gasteiger charge is 2.17. The second-order valence-corrected chi connectivity index (χ2v) is 10.2. The lowest BCUT2D eigenvalue weighted by Crippen LogP contribution is -1.92. The first-order chi connectivity index (χ1) is 18.3. The first-order valence-electron chi connectivity index (χ1n) is 13.0. The lowest BCUT2D eigenvalue weighted by atomic mass is 9.84. The predicted octanol–water partition coefficient (Wildman–Crippen LogP) is 10.5. The van der Waals surface area contributed by atoms with Gasteiger partial charge in [0, 0.05) is 0 Å². The summed E-state index contributed by atoms with van der Waals surface area (Å²) in [5.74, 6) is 0. The van der Waals surface area contributed by atoms with Gasteiger partial charge in [0.2, 0.25) is 0 Å². The van der Waals surface area contributed by atoms with E-state index in [1.54, 1.807) is 0 Å². The fraction of sp³-hybridized carbons (Fsp3) is 0.0270. The minimum atomic E-state index is 1.28. The van der Waals surface area contributed by atoms with Crippen LogP contribution in [0.1, 0.15) is 5.56 Å². The maximum absolute atomic E-state index is 2.38. The van der Waals surface area contributed by atoms with Crippen LogP contribution in [0.25, 0.3) is 76.1 Å². The molecule has 8 aromatic carbocycles. The molecule has 0 aliphatic heterocycles. The van der Waals surface area contributed by atoms with E-state index < -0.39 is 0 Å².